The van der Waals surface area contributed by atoms with Crippen molar-refractivity contribution >= 4 is 29.2 Å². The maximum absolute atomic E-state index is 13.4. The Kier molecular flexibility index (Phi) is 5.12. The van der Waals surface area contributed by atoms with Gasteiger partial charge in [-0.2, -0.15) is 0 Å². The summed E-state index contributed by atoms with van der Waals surface area (Å²) in [6.07, 6.45) is 0. The van der Waals surface area contributed by atoms with E-state index in [1.165, 1.54) is 12.1 Å². The molecule has 1 N–H and O–H groups in total. The zero-order valence-electron chi connectivity index (χ0n) is 11.7. The molecule has 0 saturated carbocycles. The molecule has 114 valence electrons. The number of amides is 1. The van der Waals surface area contributed by atoms with Crippen LogP contribution in [0.1, 0.15) is 15.9 Å². The Bertz CT molecular complexity index is 718. The maximum Gasteiger partial charge on any atom is 0.338 e. The summed E-state index contributed by atoms with van der Waals surface area (Å²) in [6.45, 7) is 1.11. The molecule has 2 rings (SSSR count). The molecule has 0 aliphatic heterocycles. The Hall–Kier alpha value is -2.40. The minimum absolute atomic E-state index is 0.0543. The van der Waals surface area contributed by atoms with E-state index in [-0.39, 0.29) is 5.56 Å². The smallest absolute Gasteiger partial charge is 0.338 e. The zero-order chi connectivity index (χ0) is 16.1. The SMILES string of the molecule is Cc1ccc(C(=O)OCC(=O)Nc2cccc(Cl)c2)cc1F. The normalized spacial score (nSPS) is 10.1. The molecule has 0 spiro atoms. The highest BCUT2D eigenvalue weighted by atomic mass is 35.5. The van der Waals surface area contributed by atoms with E-state index in [0.29, 0.717) is 16.3 Å². The molecule has 22 heavy (non-hydrogen) atoms. The summed E-state index contributed by atoms with van der Waals surface area (Å²) < 4.78 is 18.2. The standard InChI is InChI=1S/C16H13ClFNO3/c1-10-5-6-11(7-14(10)18)16(21)22-9-15(20)19-13-4-2-3-12(17)8-13/h2-8H,9H2,1H3,(H,19,20). The summed E-state index contributed by atoms with van der Waals surface area (Å²) in [5.41, 5.74) is 0.976. The summed E-state index contributed by atoms with van der Waals surface area (Å²) in [7, 11) is 0. The number of anilines is 1. The fraction of sp³-hybridized carbons (Fsp3) is 0.125. The number of aryl methyl sites for hydroxylation is 1. The van der Waals surface area contributed by atoms with Crippen LogP contribution in [0.25, 0.3) is 0 Å². The monoisotopic (exact) mass is 321 g/mol. The lowest BCUT2D eigenvalue weighted by Crippen LogP contribution is -2.21. The van der Waals surface area contributed by atoms with Gasteiger partial charge in [0, 0.05) is 10.7 Å². The number of esters is 1. The summed E-state index contributed by atoms with van der Waals surface area (Å²) in [6, 6.07) is 10.6. The van der Waals surface area contributed by atoms with Crippen LogP contribution in [-0.2, 0) is 9.53 Å². The average molecular weight is 322 g/mol. The molecular weight excluding hydrogens is 309 g/mol. The number of nitrogens with one attached hydrogen (secondary N) is 1. The third kappa shape index (κ3) is 4.30. The lowest BCUT2D eigenvalue weighted by molar-refractivity contribution is -0.119. The molecule has 0 aliphatic rings. The Balaban J connectivity index is 1.90. The van der Waals surface area contributed by atoms with E-state index in [1.807, 2.05) is 0 Å². The molecule has 0 saturated heterocycles. The Morgan fingerprint density at radius 1 is 1.23 bits per heavy atom. The highest BCUT2D eigenvalue weighted by Gasteiger charge is 2.12. The third-order valence-corrected chi connectivity index (χ3v) is 3.09. The molecule has 0 heterocycles. The van der Waals surface area contributed by atoms with Crippen LogP contribution in [0.15, 0.2) is 42.5 Å². The van der Waals surface area contributed by atoms with Gasteiger partial charge in [0.25, 0.3) is 5.91 Å². The molecule has 0 radical (unpaired) electrons. The minimum Gasteiger partial charge on any atom is -0.452 e. The first kappa shape index (κ1) is 16.0. The molecule has 6 heteroatoms. The molecule has 4 nitrogen and oxygen atoms in total. The van der Waals surface area contributed by atoms with Gasteiger partial charge in [0.2, 0.25) is 0 Å². The van der Waals surface area contributed by atoms with Crippen molar-refractivity contribution in [3.8, 4) is 0 Å². The van der Waals surface area contributed by atoms with Crippen molar-refractivity contribution in [1.29, 1.82) is 0 Å². The van der Waals surface area contributed by atoms with E-state index in [2.05, 4.69) is 5.32 Å². The van der Waals surface area contributed by atoms with Gasteiger partial charge in [-0.05, 0) is 42.8 Å². The number of ether oxygens (including phenoxy) is 1. The Morgan fingerprint density at radius 3 is 2.68 bits per heavy atom. The second kappa shape index (κ2) is 7.04. The van der Waals surface area contributed by atoms with Crippen molar-refractivity contribution in [2.75, 3.05) is 11.9 Å². The van der Waals surface area contributed by atoms with Crippen molar-refractivity contribution in [1.82, 2.24) is 0 Å². The fourth-order valence-corrected chi connectivity index (χ4v) is 1.89. The van der Waals surface area contributed by atoms with Crippen LogP contribution >= 0.6 is 11.6 Å². The maximum atomic E-state index is 13.4. The van der Waals surface area contributed by atoms with Crippen LogP contribution < -0.4 is 5.32 Å². The van der Waals surface area contributed by atoms with Gasteiger partial charge >= 0.3 is 5.97 Å². The Labute approximate surface area is 131 Å². The summed E-state index contributed by atoms with van der Waals surface area (Å²) in [4.78, 5) is 23.4. The highest BCUT2D eigenvalue weighted by molar-refractivity contribution is 6.30. The van der Waals surface area contributed by atoms with Gasteiger partial charge in [-0.25, -0.2) is 9.18 Å². The van der Waals surface area contributed by atoms with Crippen molar-refractivity contribution in [2.24, 2.45) is 0 Å². The number of benzene rings is 2. The molecular formula is C16H13ClFNO3. The highest BCUT2D eigenvalue weighted by Crippen LogP contribution is 2.15. The van der Waals surface area contributed by atoms with E-state index in [4.69, 9.17) is 16.3 Å². The van der Waals surface area contributed by atoms with Crippen molar-refractivity contribution in [3.05, 3.63) is 64.4 Å². The molecule has 1 amide bonds. The average Bonchev–Trinajstić information content (AvgIpc) is 2.47. The van der Waals surface area contributed by atoms with Crippen LogP contribution in [0.4, 0.5) is 10.1 Å². The van der Waals surface area contributed by atoms with Crippen LogP contribution in [0.3, 0.4) is 0 Å². The predicted octanol–water partition coefficient (Wildman–Crippen LogP) is 3.58. The Morgan fingerprint density at radius 2 is 2.00 bits per heavy atom. The molecule has 0 aliphatic carbocycles. The fourth-order valence-electron chi connectivity index (χ4n) is 1.70. The first-order chi connectivity index (χ1) is 10.5. The van der Waals surface area contributed by atoms with Gasteiger partial charge in [0.1, 0.15) is 5.82 Å². The number of hydrogen-bond acceptors (Lipinski definition) is 3. The van der Waals surface area contributed by atoms with Crippen LogP contribution in [0.2, 0.25) is 5.02 Å². The first-order valence-electron chi connectivity index (χ1n) is 6.44. The minimum atomic E-state index is -0.764. The van der Waals surface area contributed by atoms with E-state index >= 15 is 0 Å². The molecule has 2 aromatic rings. The lowest BCUT2D eigenvalue weighted by Gasteiger charge is -2.07. The van der Waals surface area contributed by atoms with Gasteiger partial charge in [-0.3, -0.25) is 4.79 Å². The van der Waals surface area contributed by atoms with Gasteiger partial charge in [0.15, 0.2) is 6.61 Å². The number of carbonyl (C=O) groups is 2. The zero-order valence-corrected chi connectivity index (χ0v) is 12.5. The molecule has 0 fully saturated rings. The van der Waals surface area contributed by atoms with Crippen molar-refractivity contribution in [3.63, 3.8) is 0 Å². The summed E-state index contributed by atoms with van der Waals surface area (Å²) in [5, 5.41) is 3.01. The topological polar surface area (TPSA) is 55.4 Å². The quantitative estimate of drug-likeness (QED) is 0.876. The van der Waals surface area contributed by atoms with Crippen LogP contribution in [0.5, 0.6) is 0 Å². The largest absolute Gasteiger partial charge is 0.452 e. The van der Waals surface area contributed by atoms with E-state index < -0.39 is 24.3 Å². The molecule has 0 unspecified atom stereocenters. The van der Waals surface area contributed by atoms with Gasteiger partial charge in [0.05, 0.1) is 5.56 Å². The molecule has 0 aromatic heterocycles. The van der Waals surface area contributed by atoms with Gasteiger partial charge < -0.3 is 10.1 Å². The van der Waals surface area contributed by atoms with E-state index in [0.717, 1.165) is 6.07 Å². The predicted molar refractivity (Wildman–Crippen MR) is 81.5 cm³/mol. The lowest BCUT2D eigenvalue weighted by atomic mass is 10.1. The molecule has 2 aromatic carbocycles. The van der Waals surface area contributed by atoms with Gasteiger partial charge in [-0.15, -0.1) is 0 Å². The second-order valence-electron chi connectivity index (χ2n) is 4.60. The molecule has 0 bridgehead atoms. The third-order valence-electron chi connectivity index (χ3n) is 2.85. The number of carbonyl (C=O) groups excluding carboxylic acids is 2. The molecule has 0 atom stereocenters. The van der Waals surface area contributed by atoms with E-state index in [1.54, 1.807) is 31.2 Å². The number of rotatable bonds is 4. The van der Waals surface area contributed by atoms with E-state index in [9.17, 15) is 14.0 Å². The van der Waals surface area contributed by atoms with Crippen LogP contribution in [-0.4, -0.2) is 18.5 Å². The van der Waals surface area contributed by atoms with Gasteiger partial charge in [-0.1, -0.05) is 23.7 Å². The van der Waals surface area contributed by atoms with Crippen molar-refractivity contribution < 1.29 is 18.7 Å². The van der Waals surface area contributed by atoms with Crippen LogP contribution in [0, 0.1) is 12.7 Å². The summed E-state index contributed by atoms with van der Waals surface area (Å²) in [5.74, 6) is -1.78. The summed E-state index contributed by atoms with van der Waals surface area (Å²) >= 11 is 5.79. The first-order valence-corrected chi connectivity index (χ1v) is 6.82. The number of halogens is 2. The second-order valence-corrected chi connectivity index (χ2v) is 5.04. The number of hydrogen-bond donors (Lipinski definition) is 1. The van der Waals surface area contributed by atoms with Crippen molar-refractivity contribution in [2.45, 2.75) is 6.92 Å².